The maximum Gasteiger partial charge on any atom is 0.435 e. The molecule has 0 amide bonds. The van der Waals surface area contributed by atoms with Crippen LogP contribution in [0.1, 0.15) is 30.0 Å². The van der Waals surface area contributed by atoms with E-state index in [0.29, 0.717) is 5.56 Å². The highest BCUT2D eigenvalue weighted by Gasteiger charge is 2.62. The summed E-state index contributed by atoms with van der Waals surface area (Å²) < 4.78 is 94.8. The number of sulfone groups is 1. The lowest BCUT2D eigenvalue weighted by Gasteiger charge is -2.45. The predicted molar refractivity (Wildman–Crippen MR) is 126 cm³/mol. The topological polar surface area (TPSA) is 59.0 Å². The first-order chi connectivity index (χ1) is 16.6. The number of likely N-dealkylation sites (tertiary alicyclic amines) is 1. The Kier molecular flexibility index (Phi) is 6.86. The van der Waals surface area contributed by atoms with Crippen LogP contribution in [0.15, 0.2) is 41.6 Å². The number of oxime groups is 1. The molecular formula is C23H21Cl2F5N2O3S. The quantitative estimate of drug-likeness (QED) is 0.334. The van der Waals surface area contributed by atoms with Crippen molar-refractivity contribution < 1.29 is 35.2 Å². The first-order valence-electron chi connectivity index (χ1n) is 10.7. The lowest BCUT2D eigenvalue weighted by Crippen LogP contribution is -2.58. The highest BCUT2D eigenvalue weighted by Crippen LogP contribution is 2.50. The zero-order valence-electron chi connectivity index (χ0n) is 19.0. The second kappa shape index (κ2) is 9.11. The molecule has 2 unspecified atom stereocenters. The molecule has 0 radical (unpaired) electrons. The summed E-state index contributed by atoms with van der Waals surface area (Å²) in [4.78, 5) is 6.60. The van der Waals surface area contributed by atoms with Gasteiger partial charge in [-0.2, -0.15) is 13.2 Å². The molecule has 2 aliphatic heterocycles. The van der Waals surface area contributed by atoms with E-state index in [2.05, 4.69) is 5.16 Å². The molecule has 2 aliphatic rings. The van der Waals surface area contributed by atoms with Gasteiger partial charge < -0.3 is 4.84 Å². The van der Waals surface area contributed by atoms with Gasteiger partial charge in [-0.1, -0.05) is 52.6 Å². The van der Waals surface area contributed by atoms with Gasteiger partial charge in [0, 0.05) is 37.9 Å². The largest absolute Gasteiger partial charge is 0.435 e. The van der Waals surface area contributed by atoms with E-state index in [4.69, 9.17) is 28.0 Å². The lowest BCUT2D eigenvalue weighted by atomic mass is 9.84. The summed E-state index contributed by atoms with van der Waals surface area (Å²) >= 11 is 11.4. The molecule has 0 aliphatic carbocycles. The Morgan fingerprint density at radius 3 is 2.17 bits per heavy atom. The summed E-state index contributed by atoms with van der Waals surface area (Å²) in [6.45, 7) is 1.76. The smallest absolute Gasteiger partial charge is 0.374 e. The molecule has 0 bridgehead atoms. The van der Waals surface area contributed by atoms with Gasteiger partial charge in [0.2, 0.25) is 0 Å². The average molecular weight is 571 g/mol. The maximum absolute atomic E-state index is 15.3. The second-order valence-corrected chi connectivity index (χ2v) is 12.5. The van der Waals surface area contributed by atoms with Crippen LogP contribution < -0.4 is 0 Å². The van der Waals surface area contributed by atoms with E-state index in [-0.39, 0.29) is 30.9 Å². The monoisotopic (exact) mass is 570 g/mol. The van der Waals surface area contributed by atoms with E-state index in [0.717, 1.165) is 18.4 Å². The van der Waals surface area contributed by atoms with Crippen LogP contribution >= 0.6 is 23.2 Å². The van der Waals surface area contributed by atoms with Gasteiger partial charge in [0.25, 0.3) is 5.60 Å². The number of hydrogen-bond donors (Lipinski definition) is 0. The zero-order chi connectivity index (χ0) is 26.7. The van der Waals surface area contributed by atoms with Crippen LogP contribution in [-0.2, 0) is 25.9 Å². The van der Waals surface area contributed by atoms with Crippen LogP contribution in [0.25, 0.3) is 0 Å². The molecule has 0 aromatic heterocycles. The van der Waals surface area contributed by atoms with Crippen molar-refractivity contribution in [3.05, 3.63) is 69.0 Å². The summed E-state index contributed by atoms with van der Waals surface area (Å²) in [5, 5.41) is 1.83. The molecule has 1 fully saturated rings. The van der Waals surface area contributed by atoms with E-state index in [1.165, 1.54) is 24.3 Å². The molecule has 2 atom stereocenters. The van der Waals surface area contributed by atoms with Gasteiger partial charge in [-0.05, 0) is 30.2 Å². The van der Waals surface area contributed by atoms with E-state index >= 15 is 4.39 Å². The fraction of sp³-hybridized carbons (Fsp3) is 0.435. The summed E-state index contributed by atoms with van der Waals surface area (Å²) in [7, 11) is -3.24. The van der Waals surface area contributed by atoms with Crippen LogP contribution in [0.4, 0.5) is 22.0 Å². The highest BCUT2D eigenvalue weighted by molar-refractivity contribution is 7.91. The molecule has 2 aromatic rings. The molecule has 5 nitrogen and oxygen atoms in total. The molecule has 1 saturated heterocycles. The number of nitrogens with zero attached hydrogens (tertiary/aromatic N) is 2. The zero-order valence-corrected chi connectivity index (χ0v) is 21.4. The number of benzene rings is 2. The van der Waals surface area contributed by atoms with Crippen LogP contribution in [0, 0.1) is 5.82 Å². The Balaban J connectivity index is 1.51. The van der Waals surface area contributed by atoms with Crippen LogP contribution in [-0.4, -0.2) is 56.3 Å². The Morgan fingerprint density at radius 1 is 1.11 bits per heavy atom. The van der Waals surface area contributed by atoms with Crippen molar-refractivity contribution >= 4 is 38.8 Å². The fourth-order valence-corrected chi connectivity index (χ4v) is 5.25. The summed E-state index contributed by atoms with van der Waals surface area (Å²) in [5.41, 5.74) is -4.57. The second-order valence-electron chi connectivity index (χ2n) is 9.24. The van der Waals surface area contributed by atoms with Gasteiger partial charge in [0.05, 0.1) is 21.0 Å². The van der Waals surface area contributed by atoms with Crippen molar-refractivity contribution in [3.63, 3.8) is 0 Å². The molecule has 4 rings (SSSR count). The first kappa shape index (κ1) is 27.1. The number of alkyl halides is 4. The van der Waals surface area contributed by atoms with E-state index < -0.39 is 60.4 Å². The van der Waals surface area contributed by atoms with Crippen molar-refractivity contribution in [1.29, 1.82) is 0 Å². The third-order valence-corrected chi connectivity index (χ3v) is 8.73. The van der Waals surface area contributed by atoms with Crippen LogP contribution in [0.3, 0.4) is 0 Å². The molecular weight excluding hydrogens is 550 g/mol. The van der Waals surface area contributed by atoms with Crippen molar-refractivity contribution in [2.45, 2.75) is 36.0 Å². The normalized spacial score (nSPS) is 23.1. The SMILES string of the molecule is CC(CN1CC(F)(c2ccc(C3=NOC(c4cc(Cl)c(F)c(Cl)c4)(C(F)(F)F)C3)cc2)C1)S(C)(=O)=O. The molecule has 2 aromatic carbocycles. The van der Waals surface area contributed by atoms with Gasteiger partial charge >= 0.3 is 6.18 Å². The average Bonchev–Trinajstić information content (AvgIpc) is 3.22. The van der Waals surface area contributed by atoms with E-state index in [1.807, 2.05) is 0 Å². The van der Waals surface area contributed by atoms with Crippen molar-refractivity contribution in [3.8, 4) is 0 Å². The Bertz CT molecular complexity index is 1290. The van der Waals surface area contributed by atoms with E-state index in [9.17, 15) is 26.0 Å². The molecule has 196 valence electrons. The minimum absolute atomic E-state index is 0.000462. The van der Waals surface area contributed by atoms with Gasteiger partial charge in [0.15, 0.2) is 21.3 Å². The number of hydrogen-bond acceptors (Lipinski definition) is 5. The molecule has 2 heterocycles. The summed E-state index contributed by atoms with van der Waals surface area (Å²) in [5.74, 6) is -1.05. The van der Waals surface area contributed by atoms with Crippen LogP contribution in [0.5, 0.6) is 0 Å². The van der Waals surface area contributed by atoms with Gasteiger partial charge in [-0.15, -0.1) is 0 Å². The predicted octanol–water partition coefficient (Wildman–Crippen LogP) is 5.63. The molecule has 13 heteroatoms. The maximum atomic E-state index is 15.3. The number of rotatable bonds is 6. The van der Waals surface area contributed by atoms with Crippen molar-refractivity contribution in [2.75, 3.05) is 25.9 Å². The van der Waals surface area contributed by atoms with Gasteiger partial charge in [-0.3, -0.25) is 4.90 Å². The Labute approximate surface area is 214 Å². The minimum Gasteiger partial charge on any atom is -0.374 e. The molecule has 0 spiro atoms. The Hall–Kier alpha value is -1.95. The van der Waals surface area contributed by atoms with Crippen molar-refractivity contribution in [2.24, 2.45) is 5.16 Å². The third-order valence-electron chi connectivity index (χ3n) is 6.57. The first-order valence-corrected chi connectivity index (χ1v) is 13.4. The Morgan fingerprint density at radius 2 is 1.67 bits per heavy atom. The molecule has 0 N–H and O–H groups in total. The van der Waals surface area contributed by atoms with Crippen molar-refractivity contribution in [1.82, 2.24) is 4.90 Å². The highest BCUT2D eigenvalue weighted by atomic mass is 35.5. The lowest BCUT2D eigenvalue weighted by molar-refractivity contribution is -0.275. The fourth-order valence-electron chi connectivity index (χ4n) is 4.28. The van der Waals surface area contributed by atoms with E-state index in [1.54, 1.807) is 11.8 Å². The van der Waals surface area contributed by atoms with Crippen LogP contribution in [0.2, 0.25) is 10.0 Å². The number of halogens is 7. The summed E-state index contributed by atoms with van der Waals surface area (Å²) in [6.07, 6.45) is -4.54. The molecule has 36 heavy (non-hydrogen) atoms. The standard InChI is InChI=1S/C23H21Cl2F5N2O3S/c1-13(36(2,33)34)10-32-11-21(27,12-32)15-5-3-14(4-6-15)19-9-22(35-31-19,23(28,29)30)16-7-17(24)20(26)18(25)8-16/h3-8,13H,9-12H2,1-2H3. The molecule has 0 saturated carbocycles. The van der Waals surface area contributed by atoms with Gasteiger partial charge in [0.1, 0.15) is 0 Å². The summed E-state index contributed by atoms with van der Waals surface area (Å²) in [6, 6.07) is 7.40. The third kappa shape index (κ3) is 4.82. The van der Waals surface area contributed by atoms with Gasteiger partial charge in [-0.25, -0.2) is 17.2 Å². The minimum atomic E-state index is -4.94.